The highest BCUT2D eigenvalue weighted by Crippen LogP contribution is 2.55. The summed E-state index contributed by atoms with van der Waals surface area (Å²) in [4.78, 5) is 28.2. The molecular weight excluding hydrogens is 465 g/mol. The normalized spacial score (nSPS) is 24.6. The lowest BCUT2D eigenvalue weighted by Gasteiger charge is -2.32. The summed E-state index contributed by atoms with van der Waals surface area (Å²) in [6.07, 6.45) is -5.48. The lowest BCUT2D eigenvalue weighted by molar-refractivity contribution is -0.272. The van der Waals surface area contributed by atoms with Crippen LogP contribution in [0.4, 0.5) is 27.6 Å². The van der Waals surface area contributed by atoms with Crippen molar-refractivity contribution in [3.8, 4) is 5.75 Å². The maximum Gasteiger partial charge on any atom is 0.417 e. The summed E-state index contributed by atoms with van der Waals surface area (Å²) in [5.74, 6) is -7.87. The number of carbonyl (C=O) groups excluding carboxylic acids is 2. The highest BCUT2D eigenvalue weighted by Gasteiger charge is 2.65. The first-order chi connectivity index (χ1) is 15.8. The van der Waals surface area contributed by atoms with E-state index in [9.17, 15) is 31.5 Å². The van der Waals surface area contributed by atoms with Crippen molar-refractivity contribution in [2.45, 2.75) is 44.6 Å². The van der Waals surface area contributed by atoms with Crippen LogP contribution in [0.25, 0.3) is 0 Å². The van der Waals surface area contributed by atoms with Crippen molar-refractivity contribution < 1.29 is 41.0 Å². The van der Waals surface area contributed by atoms with Crippen LogP contribution < -0.4 is 15.8 Å². The fourth-order valence-corrected chi connectivity index (χ4v) is 3.98. The summed E-state index contributed by atoms with van der Waals surface area (Å²) in [6.45, 7) is 3.39. The molecule has 184 valence electrons. The number of rotatable bonds is 6. The van der Waals surface area contributed by atoms with Gasteiger partial charge in [-0.1, -0.05) is 13.0 Å². The number of ether oxygens (including phenoxy) is 2. The van der Waals surface area contributed by atoms with E-state index in [1.54, 1.807) is 0 Å². The fraction of sp³-hybridized carbons (Fsp3) is 0.409. The largest absolute Gasteiger partial charge is 0.490 e. The zero-order valence-corrected chi connectivity index (χ0v) is 18.4. The number of anilines is 1. The minimum Gasteiger partial charge on any atom is -0.490 e. The molecule has 3 N–H and O–H groups in total. The Labute approximate surface area is 191 Å². The Bertz CT molecular complexity index is 1110. The summed E-state index contributed by atoms with van der Waals surface area (Å²) < 4.78 is 80.9. The van der Waals surface area contributed by atoms with Gasteiger partial charge in [0, 0.05) is 29.3 Å². The number of amides is 2. The van der Waals surface area contributed by atoms with Crippen LogP contribution in [0.15, 0.2) is 30.5 Å². The van der Waals surface area contributed by atoms with E-state index in [0.717, 1.165) is 25.1 Å². The average Bonchev–Trinajstić information content (AvgIpc) is 3.04. The predicted molar refractivity (Wildman–Crippen MR) is 110 cm³/mol. The van der Waals surface area contributed by atoms with Gasteiger partial charge in [0.1, 0.15) is 11.8 Å². The standard InChI is InChI=1S/C22H22F5N3O4/c1-4-33-17-12(5-6-13(23)16(17)24)15-10(2)21(3,22(25,26)27)34-18(15)20(32)30-11-7-8-29-14(9-11)19(28)31/h5-10,15,18H,4H2,1-3H3,(H2,28,31)(H,29,30,32)/t10-,15+,18-,21-/m0/s1. The van der Waals surface area contributed by atoms with Gasteiger partial charge in [-0.15, -0.1) is 0 Å². The lowest BCUT2D eigenvalue weighted by Crippen LogP contribution is -2.47. The van der Waals surface area contributed by atoms with Crippen molar-refractivity contribution in [2.75, 3.05) is 11.9 Å². The van der Waals surface area contributed by atoms with Crippen LogP contribution >= 0.6 is 0 Å². The van der Waals surface area contributed by atoms with Gasteiger partial charge in [0.25, 0.3) is 11.8 Å². The van der Waals surface area contributed by atoms with Gasteiger partial charge in [0.2, 0.25) is 5.82 Å². The predicted octanol–water partition coefficient (Wildman–Crippen LogP) is 3.94. The molecule has 34 heavy (non-hydrogen) atoms. The maximum atomic E-state index is 14.5. The molecule has 2 amide bonds. The SMILES string of the molecule is CCOc1c([C@@H]2[C@@H](C(=O)Nc3ccnc(C(N)=O)c3)O[C@](C)(C(F)(F)F)[C@H]2C)ccc(F)c1F. The highest BCUT2D eigenvalue weighted by atomic mass is 19.4. The summed E-state index contributed by atoms with van der Waals surface area (Å²) in [7, 11) is 0. The molecule has 3 rings (SSSR count). The Hall–Kier alpha value is -3.28. The first-order valence-corrected chi connectivity index (χ1v) is 10.2. The van der Waals surface area contributed by atoms with E-state index >= 15 is 0 Å². The fourth-order valence-electron chi connectivity index (χ4n) is 3.98. The van der Waals surface area contributed by atoms with Gasteiger partial charge in [0.15, 0.2) is 17.2 Å². The van der Waals surface area contributed by atoms with Crippen LogP contribution in [0.2, 0.25) is 0 Å². The van der Waals surface area contributed by atoms with Gasteiger partial charge in [-0.05, 0) is 32.0 Å². The van der Waals surface area contributed by atoms with E-state index in [0.29, 0.717) is 0 Å². The van der Waals surface area contributed by atoms with E-state index in [4.69, 9.17) is 15.2 Å². The second kappa shape index (κ2) is 9.16. The maximum absolute atomic E-state index is 14.5. The molecule has 0 radical (unpaired) electrons. The van der Waals surface area contributed by atoms with Crippen molar-refractivity contribution in [3.05, 3.63) is 53.4 Å². The number of hydrogen-bond donors (Lipinski definition) is 2. The minimum atomic E-state index is -4.89. The number of pyridine rings is 1. The molecule has 12 heteroatoms. The Balaban J connectivity index is 2.09. The van der Waals surface area contributed by atoms with Gasteiger partial charge in [0.05, 0.1) is 6.61 Å². The van der Waals surface area contributed by atoms with E-state index in [1.165, 1.54) is 26.1 Å². The molecule has 0 bridgehead atoms. The van der Waals surface area contributed by atoms with Crippen molar-refractivity contribution in [1.82, 2.24) is 4.98 Å². The number of carbonyl (C=O) groups is 2. The van der Waals surface area contributed by atoms with Crippen molar-refractivity contribution >= 4 is 17.5 Å². The van der Waals surface area contributed by atoms with Gasteiger partial charge in [-0.25, -0.2) is 4.39 Å². The molecule has 1 aliphatic heterocycles. The number of nitrogens with two attached hydrogens (primary N) is 1. The molecule has 0 saturated carbocycles. The summed E-state index contributed by atoms with van der Waals surface area (Å²) in [6, 6.07) is 4.26. The quantitative estimate of drug-likeness (QED) is 0.601. The number of nitrogens with one attached hydrogen (secondary N) is 1. The van der Waals surface area contributed by atoms with Crippen molar-refractivity contribution in [1.29, 1.82) is 0 Å². The number of primary amides is 1. The van der Waals surface area contributed by atoms with Gasteiger partial charge in [-0.3, -0.25) is 14.6 Å². The molecule has 0 unspecified atom stereocenters. The number of nitrogens with zero attached hydrogens (tertiary/aromatic N) is 1. The van der Waals surface area contributed by atoms with Crippen LogP contribution in [0, 0.1) is 17.6 Å². The van der Waals surface area contributed by atoms with Crippen molar-refractivity contribution in [3.63, 3.8) is 0 Å². The van der Waals surface area contributed by atoms with Crippen LogP contribution in [0.5, 0.6) is 5.75 Å². The van der Waals surface area contributed by atoms with Gasteiger partial charge >= 0.3 is 6.18 Å². The molecule has 1 aromatic heterocycles. The van der Waals surface area contributed by atoms with E-state index in [2.05, 4.69) is 10.3 Å². The summed E-state index contributed by atoms with van der Waals surface area (Å²) >= 11 is 0. The van der Waals surface area contributed by atoms with E-state index in [-0.39, 0.29) is 23.6 Å². The first-order valence-electron chi connectivity index (χ1n) is 10.2. The molecule has 1 aromatic carbocycles. The topological polar surface area (TPSA) is 104 Å². The number of alkyl halides is 3. The molecular formula is C22H22F5N3O4. The molecule has 4 atom stereocenters. The zero-order valence-electron chi connectivity index (χ0n) is 18.4. The molecule has 7 nitrogen and oxygen atoms in total. The number of aromatic nitrogens is 1. The summed E-state index contributed by atoms with van der Waals surface area (Å²) in [5, 5.41) is 2.38. The molecule has 2 aromatic rings. The number of halogens is 5. The van der Waals surface area contributed by atoms with Gasteiger partial charge in [-0.2, -0.15) is 17.6 Å². The second-order valence-electron chi connectivity index (χ2n) is 7.95. The third kappa shape index (κ3) is 4.41. The minimum absolute atomic E-state index is 0.0275. The molecule has 0 spiro atoms. The number of hydrogen-bond acceptors (Lipinski definition) is 5. The van der Waals surface area contributed by atoms with Crippen LogP contribution in [0.1, 0.15) is 42.7 Å². The third-order valence-corrected chi connectivity index (χ3v) is 5.93. The second-order valence-corrected chi connectivity index (χ2v) is 7.95. The molecule has 0 aliphatic carbocycles. The smallest absolute Gasteiger partial charge is 0.417 e. The Morgan fingerprint density at radius 2 is 1.94 bits per heavy atom. The first kappa shape index (κ1) is 25.3. The monoisotopic (exact) mass is 487 g/mol. The molecule has 1 fully saturated rings. The van der Waals surface area contributed by atoms with Gasteiger partial charge < -0.3 is 20.5 Å². The van der Waals surface area contributed by atoms with Crippen LogP contribution in [0.3, 0.4) is 0 Å². The Kier molecular flexibility index (Phi) is 6.83. The Morgan fingerprint density at radius 1 is 1.26 bits per heavy atom. The van der Waals surface area contributed by atoms with E-state index in [1.807, 2.05) is 0 Å². The summed E-state index contributed by atoms with van der Waals surface area (Å²) in [5.41, 5.74) is 2.07. The van der Waals surface area contributed by atoms with Crippen molar-refractivity contribution in [2.24, 2.45) is 11.7 Å². The van der Waals surface area contributed by atoms with Crippen LogP contribution in [-0.2, 0) is 9.53 Å². The van der Waals surface area contributed by atoms with Crippen LogP contribution in [-0.4, -0.2) is 41.3 Å². The molecule has 1 saturated heterocycles. The Morgan fingerprint density at radius 3 is 2.53 bits per heavy atom. The zero-order chi connectivity index (χ0) is 25.4. The highest BCUT2D eigenvalue weighted by molar-refractivity contribution is 5.97. The third-order valence-electron chi connectivity index (χ3n) is 5.93. The number of benzene rings is 1. The molecule has 1 aliphatic rings. The average molecular weight is 487 g/mol. The molecule has 2 heterocycles. The lowest BCUT2D eigenvalue weighted by atomic mass is 9.77. The van der Waals surface area contributed by atoms with E-state index < -0.39 is 58.9 Å².